The lowest BCUT2D eigenvalue weighted by molar-refractivity contribution is -0.118. The van der Waals surface area contributed by atoms with Crippen molar-refractivity contribution >= 4 is 28.9 Å². The van der Waals surface area contributed by atoms with Crippen molar-refractivity contribution in [3.05, 3.63) is 95.4 Å². The summed E-state index contributed by atoms with van der Waals surface area (Å²) < 4.78 is 18.8. The molecule has 1 aliphatic carbocycles. The van der Waals surface area contributed by atoms with Crippen LogP contribution < -0.4 is 20.3 Å². The molecule has 2 aliphatic rings. The number of Topliss-reactive ketones (excluding diaryl/α,β-unsaturated/α-hetero) is 1. The fourth-order valence-corrected chi connectivity index (χ4v) is 5.03. The highest BCUT2D eigenvalue weighted by molar-refractivity contribution is 6.09. The highest BCUT2D eigenvalue weighted by Crippen LogP contribution is 2.48. The molecule has 36 heavy (non-hydrogen) atoms. The van der Waals surface area contributed by atoms with Gasteiger partial charge >= 0.3 is 6.03 Å². The largest absolute Gasteiger partial charge is 0.497 e. The lowest BCUT2D eigenvalue weighted by atomic mass is 9.73. The number of para-hydroxylation sites is 2. The van der Waals surface area contributed by atoms with Crippen molar-refractivity contribution in [3.63, 3.8) is 0 Å². The number of methoxy groups -OCH3 is 1. The summed E-state index contributed by atoms with van der Waals surface area (Å²) in [6, 6.07) is 19.4. The van der Waals surface area contributed by atoms with E-state index in [1.165, 1.54) is 24.3 Å². The zero-order valence-electron chi connectivity index (χ0n) is 20.5. The summed E-state index contributed by atoms with van der Waals surface area (Å²) in [6.45, 7) is 4.16. The third-order valence-corrected chi connectivity index (χ3v) is 6.65. The molecule has 1 aliphatic heterocycles. The standard InChI is InChI=1S/C29H28FN3O3/c1-29(2)16-23-26(25(34)17-29)27(18-8-14-21(36-3)15-9-18)33(24-7-5-4-6-22(24)32-23)28(35)31-20-12-10-19(30)11-13-20/h4-15,27,32H,16-17H2,1-3H3,(H,31,35)/t27-/m0/s1. The van der Waals surface area contributed by atoms with Gasteiger partial charge in [0.25, 0.3) is 0 Å². The molecule has 0 aromatic heterocycles. The number of hydrogen-bond donors (Lipinski definition) is 2. The Kier molecular flexibility index (Phi) is 6.00. The number of benzene rings is 3. The average molecular weight is 486 g/mol. The van der Waals surface area contributed by atoms with Crippen LogP contribution >= 0.6 is 0 Å². The van der Waals surface area contributed by atoms with E-state index in [1.54, 1.807) is 12.0 Å². The monoisotopic (exact) mass is 485 g/mol. The molecule has 1 atom stereocenters. The first-order valence-electron chi connectivity index (χ1n) is 11.9. The van der Waals surface area contributed by atoms with Crippen LogP contribution in [0.4, 0.5) is 26.2 Å². The van der Waals surface area contributed by atoms with E-state index in [2.05, 4.69) is 24.5 Å². The van der Waals surface area contributed by atoms with Crippen LogP contribution in [0.3, 0.4) is 0 Å². The summed E-state index contributed by atoms with van der Waals surface area (Å²) in [6.07, 6.45) is 1.05. The van der Waals surface area contributed by atoms with Crippen molar-refractivity contribution in [1.29, 1.82) is 0 Å². The van der Waals surface area contributed by atoms with Gasteiger partial charge in [-0.25, -0.2) is 9.18 Å². The van der Waals surface area contributed by atoms with Crippen LogP contribution in [0.25, 0.3) is 0 Å². The molecule has 0 bridgehead atoms. The zero-order valence-corrected chi connectivity index (χ0v) is 20.5. The molecule has 7 heteroatoms. The predicted octanol–water partition coefficient (Wildman–Crippen LogP) is 6.68. The Morgan fingerprint density at radius 3 is 2.42 bits per heavy atom. The van der Waals surface area contributed by atoms with Crippen LogP contribution in [0.1, 0.15) is 38.3 Å². The second kappa shape index (κ2) is 9.15. The van der Waals surface area contributed by atoms with E-state index in [4.69, 9.17) is 4.74 Å². The molecule has 0 spiro atoms. The molecule has 3 aromatic rings. The number of halogens is 1. The molecule has 184 valence electrons. The van der Waals surface area contributed by atoms with Crippen molar-refractivity contribution in [2.75, 3.05) is 22.6 Å². The summed E-state index contributed by atoms with van der Waals surface area (Å²) in [7, 11) is 1.59. The van der Waals surface area contributed by atoms with E-state index in [9.17, 15) is 14.0 Å². The van der Waals surface area contributed by atoms with E-state index in [-0.39, 0.29) is 11.2 Å². The number of carbonyl (C=O) groups is 2. The number of hydrogen-bond acceptors (Lipinski definition) is 4. The first-order chi connectivity index (χ1) is 17.3. The number of carbonyl (C=O) groups excluding carboxylic acids is 2. The number of nitrogens with zero attached hydrogens (tertiary/aromatic N) is 1. The Morgan fingerprint density at radius 1 is 1.03 bits per heavy atom. The Balaban J connectivity index is 1.70. The number of anilines is 3. The normalized spacial score (nSPS) is 18.5. The fraction of sp³-hybridized carbons (Fsp3) is 0.241. The van der Waals surface area contributed by atoms with Gasteiger partial charge in [0.05, 0.1) is 24.5 Å². The summed E-state index contributed by atoms with van der Waals surface area (Å²) in [4.78, 5) is 29.2. The van der Waals surface area contributed by atoms with Crippen molar-refractivity contribution in [3.8, 4) is 5.75 Å². The maximum atomic E-state index is 13.9. The topological polar surface area (TPSA) is 70.7 Å². The highest BCUT2D eigenvalue weighted by Gasteiger charge is 2.43. The third kappa shape index (κ3) is 4.44. The second-order valence-corrected chi connectivity index (χ2v) is 9.96. The molecule has 2 N–H and O–H groups in total. The molecule has 1 heterocycles. The molecule has 0 saturated carbocycles. The van der Waals surface area contributed by atoms with Crippen LogP contribution in [-0.2, 0) is 4.79 Å². The van der Waals surface area contributed by atoms with E-state index in [0.29, 0.717) is 35.5 Å². The number of fused-ring (bicyclic) bond motifs is 1. The summed E-state index contributed by atoms with van der Waals surface area (Å²) >= 11 is 0. The van der Waals surface area contributed by atoms with Gasteiger partial charge in [0.1, 0.15) is 11.6 Å². The predicted molar refractivity (Wildman–Crippen MR) is 139 cm³/mol. The number of allylic oxidation sites excluding steroid dienone is 1. The van der Waals surface area contributed by atoms with Gasteiger partial charge < -0.3 is 15.4 Å². The van der Waals surface area contributed by atoms with Crippen LogP contribution in [0.2, 0.25) is 0 Å². The maximum absolute atomic E-state index is 13.9. The van der Waals surface area contributed by atoms with Crippen LogP contribution in [-0.4, -0.2) is 18.9 Å². The second-order valence-electron chi connectivity index (χ2n) is 9.96. The molecule has 2 amide bonds. The molecule has 3 aromatic carbocycles. The van der Waals surface area contributed by atoms with Crippen molar-refractivity contribution in [2.45, 2.75) is 32.7 Å². The molecule has 0 saturated heterocycles. The highest BCUT2D eigenvalue weighted by atomic mass is 19.1. The number of urea groups is 1. The number of rotatable bonds is 3. The van der Waals surface area contributed by atoms with Gasteiger partial charge in [-0.2, -0.15) is 0 Å². The summed E-state index contributed by atoms with van der Waals surface area (Å²) in [5.41, 5.74) is 3.79. The molecule has 0 radical (unpaired) electrons. The molecular formula is C29H28FN3O3. The van der Waals surface area contributed by atoms with E-state index < -0.39 is 17.9 Å². The number of ether oxygens (including phenoxy) is 1. The minimum absolute atomic E-state index is 0.00181. The summed E-state index contributed by atoms with van der Waals surface area (Å²) in [5.74, 6) is 0.291. The minimum atomic E-state index is -0.675. The summed E-state index contributed by atoms with van der Waals surface area (Å²) in [5, 5.41) is 6.38. The van der Waals surface area contributed by atoms with Gasteiger partial charge in [-0.3, -0.25) is 9.69 Å². The minimum Gasteiger partial charge on any atom is -0.497 e. The Labute approximate surface area is 209 Å². The first kappa shape index (κ1) is 23.6. The smallest absolute Gasteiger partial charge is 0.327 e. The van der Waals surface area contributed by atoms with Crippen molar-refractivity contribution < 1.29 is 18.7 Å². The van der Waals surface area contributed by atoms with E-state index in [1.807, 2.05) is 48.5 Å². The number of ketones is 1. The number of amides is 2. The van der Waals surface area contributed by atoms with Gasteiger partial charge in [0.2, 0.25) is 0 Å². The number of nitrogens with one attached hydrogen (secondary N) is 2. The van der Waals surface area contributed by atoms with Gasteiger partial charge in [-0.05, 0) is 65.9 Å². The molecule has 5 rings (SSSR count). The van der Waals surface area contributed by atoms with Gasteiger partial charge in [0, 0.05) is 23.4 Å². The van der Waals surface area contributed by atoms with Gasteiger partial charge in [-0.1, -0.05) is 38.1 Å². The maximum Gasteiger partial charge on any atom is 0.327 e. The Bertz CT molecular complexity index is 1350. The zero-order chi connectivity index (χ0) is 25.4. The van der Waals surface area contributed by atoms with E-state index >= 15 is 0 Å². The molecular weight excluding hydrogens is 457 g/mol. The van der Waals surface area contributed by atoms with Crippen molar-refractivity contribution in [1.82, 2.24) is 0 Å². The third-order valence-electron chi connectivity index (χ3n) is 6.65. The first-order valence-corrected chi connectivity index (χ1v) is 11.9. The average Bonchev–Trinajstić information content (AvgIpc) is 2.99. The molecule has 6 nitrogen and oxygen atoms in total. The van der Waals surface area contributed by atoms with Crippen LogP contribution in [0, 0.1) is 11.2 Å². The molecule has 0 fully saturated rings. The van der Waals surface area contributed by atoms with Gasteiger partial charge in [-0.15, -0.1) is 0 Å². The lowest BCUT2D eigenvalue weighted by Gasteiger charge is -2.37. The SMILES string of the molecule is COc1ccc([C@H]2C3=C(CC(C)(C)CC3=O)Nc3ccccc3N2C(=O)Nc2ccc(F)cc2)cc1. The lowest BCUT2D eigenvalue weighted by Crippen LogP contribution is -2.41. The fourth-order valence-electron chi connectivity index (χ4n) is 5.03. The Morgan fingerprint density at radius 2 is 1.72 bits per heavy atom. The molecule has 0 unspecified atom stereocenters. The van der Waals surface area contributed by atoms with Gasteiger partial charge in [0.15, 0.2) is 5.78 Å². The van der Waals surface area contributed by atoms with Crippen LogP contribution in [0.5, 0.6) is 5.75 Å². The van der Waals surface area contributed by atoms with Crippen molar-refractivity contribution in [2.24, 2.45) is 5.41 Å². The van der Waals surface area contributed by atoms with Crippen LogP contribution in [0.15, 0.2) is 84.1 Å². The van der Waals surface area contributed by atoms with E-state index in [0.717, 1.165) is 16.9 Å². The quantitative estimate of drug-likeness (QED) is 0.434. The Hall–Kier alpha value is -4.13.